The SMILES string of the molecule is COC(=O)C1(C(=O)OC)Cc2ccc(N3C(=O)[C@H]4[C@@H](C3=O)[C@@](CCSC)(C(=O)OC)N[C@H]4c3c[nH]c4ccccc34)cc2C1. The number of esters is 3. The predicted molar refractivity (Wildman–Crippen MR) is 162 cm³/mol. The lowest BCUT2D eigenvalue weighted by molar-refractivity contribution is -0.168. The van der Waals surface area contributed by atoms with Crippen molar-refractivity contribution in [3.8, 4) is 0 Å². The average Bonchev–Trinajstić information content (AvgIpc) is 3.79. The standard InChI is InChI=1S/C32H33N3O8S/c1-41-28(38)31(29(39)42-2)14-17-9-10-19(13-18(17)15-31)35-26(36)23-24(27(35)37)32(11-12-44-4,30(40)43-3)34-25(23)21-16-33-22-8-6-5-7-20(21)22/h5-10,13,16,23-25,33-34H,11-12,14-15H2,1-4H3/t23-,24-,25-,32-/m0/s1. The number of ether oxygens (including phenoxy) is 3. The Hall–Kier alpha value is -4.16. The van der Waals surface area contributed by atoms with Crippen molar-refractivity contribution in [2.75, 3.05) is 38.2 Å². The van der Waals surface area contributed by atoms with Gasteiger partial charge in [0.25, 0.3) is 0 Å². The van der Waals surface area contributed by atoms with Crippen LogP contribution in [0.4, 0.5) is 5.69 Å². The van der Waals surface area contributed by atoms with Crippen molar-refractivity contribution in [3.05, 3.63) is 65.4 Å². The highest BCUT2D eigenvalue weighted by Crippen LogP contribution is 2.53. The number of benzene rings is 2. The van der Waals surface area contributed by atoms with Gasteiger partial charge in [-0.2, -0.15) is 11.8 Å². The number of hydrogen-bond donors (Lipinski definition) is 2. The van der Waals surface area contributed by atoms with E-state index in [1.807, 2.05) is 36.7 Å². The number of nitrogens with one attached hydrogen (secondary N) is 2. The van der Waals surface area contributed by atoms with Crippen molar-refractivity contribution in [1.29, 1.82) is 0 Å². The first-order valence-electron chi connectivity index (χ1n) is 14.2. The highest BCUT2D eigenvalue weighted by atomic mass is 32.2. The minimum absolute atomic E-state index is 0.00204. The molecule has 2 amide bonds. The summed E-state index contributed by atoms with van der Waals surface area (Å²) in [7, 11) is 3.71. The lowest BCUT2D eigenvalue weighted by Crippen LogP contribution is -2.56. The average molecular weight is 620 g/mol. The van der Waals surface area contributed by atoms with Crippen LogP contribution in [0.3, 0.4) is 0 Å². The molecular weight excluding hydrogens is 586 g/mol. The molecule has 4 atom stereocenters. The van der Waals surface area contributed by atoms with Crippen LogP contribution in [-0.2, 0) is 51.0 Å². The molecule has 230 valence electrons. The fraction of sp³-hybridized carbons (Fsp3) is 0.406. The van der Waals surface area contributed by atoms with E-state index in [-0.39, 0.29) is 19.3 Å². The van der Waals surface area contributed by atoms with Gasteiger partial charge in [0.05, 0.1) is 38.9 Å². The number of carbonyl (C=O) groups is 5. The van der Waals surface area contributed by atoms with Crippen LogP contribution in [0, 0.1) is 17.3 Å². The Labute approximate surface area is 258 Å². The number of imide groups is 1. The molecule has 0 spiro atoms. The van der Waals surface area contributed by atoms with Gasteiger partial charge in [0.2, 0.25) is 11.8 Å². The number of nitrogens with zero attached hydrogens (tertiary/aromatic N) is 1. The van der Waals surface area contributed by atoms with Crippen molar-refractivity contribution >= 4 is 58.1 Å². The molecule has 44 heavy (non-hydrogen) atoms. The van der Waals surface area contributed by atoms with Crippen molar-refractivity contribution in [2.24, 2.45) is 17.3 Å². The number of para-hydroxylation sites is 1. The first-order valence-corrected chi connectivity index (χ1v) is 15.6. The normalized spacial score (nSPS) is 25.2. The molecule has 1 aliphatic carbocycles. The van der Waals surface area contributed by atoms with E-state index in [4.69, 9.17) is 14.2 Å². The zero-order valence-corrected chi connectivity index (χ0v) is 25.6. The number of methoxy groups -OCH3 is 3. The van der Waals surface area contributed by atoms with Crippen LogP contribution in [0.2, 0.25) is 0 Å². The van der Waals surface area contributed by atoms with E-state index in [0.717, 1.165) is 21.4 Å². The van der Waals surface area contributed by atoms with Crippen LogP contribution in [0.15, 0.2) is 48.7 Å². The summed E-state index contributed by atoms with van der Waals surface area (Å²) in [5.74, 6) is -4.33. The maximum Gasteiger partial charge on any atom is 0.326 e. The maximum atomic E-state index is 14.4. The van der Waals surface area contributed by atoms with Crippen molar-refractivity contribution in [3.63, 3.8) is 0 Å². The number of aromatic nitrogens is 1. The highest BCUT2D eigenvalue weighted by Gasteiger charge is 2.69. The second kappa shape index (κ2) is 11.1. The quantitative estimate of drug-likeness (QED) is 0.167. The van der Waals surface area contributed by atoms with Crippen molar-refractivity contribution in [1.82, 2.24) is 10.3 Å². The highest BCUT2D eigenvalue weighted by molar-refractivity contribution is 7.98. The Morgan fingerprint density at radius 1 is 0.932 bits per heavy atom. The number of rotatable bonds is 8. The van der Waals surface area contributed by atoms with E-state index in [9.17, 15) is 24.0 Å². The minimum atomic E-state index is -1.55. The van der Waals surface area contributed by atoms with E-state index in [1.165, 1.54) is 33.1 Å². The zero-order chi connectivity index (χ0) is 31.4. The molecule has 12 heteroatoms. The molecule has 1 aromatic heterocycles. The van der Waals surface area contributed by atoms with Gasteiger partial charge >= 0.3 is 17.9 Å². The molecule has 3 aliphatic rings. The number of aromatic amines is 1. The van der Waals surface area contributed by atoms with Crippen LogP contribution in [0.5, 0.6) is 0 Å². The summed E-state index contributed by atoms with van der Waals surface area (Å²) in [4.78, 5) is 72.3. The van der Waals surface area contributed by atoms with Crippen molar-refractivity contribution in [2.45, 2.75) is 30.8 Å². The van der Waals surface area contributed by atoms with Gasteiger partial charge in [0, 0.05) is 23.1 Å². The molecule has 2 aliphatic heterocycles. The number of hydrogen-bond acceptors (Lipinski definition) is 10. The molecule has 11 nitrogen and oxygen atoms in total. The monoisotopic (exact) mass is 619 g/mol. The predicted octanol–water partition coefficient (Wildman–Crippen LogP) is 2.71. The Morgan fingerprint density at radius 2 is 1.61 bits per heavy atom. The third kappa shape index (κ3) is 4.18. The second-order valence-corrected chi connectivity index (χ2v) is 12.5. The van der Waals surface area contributed by atoms with E-state index >= 15 is 0 Å². The summed E-state index contributed by atoms with van der Waals surface area (Å²) >= 11 is 1.53. The first kappa shape index (κ1) is 29.9. The molecule has 0 saturated carbocycles. The topological polar surface area (TPSA) is 144 Å². The Morgan fingerprint density at radius 3 is 2.30 bits per heavy atom. The maximum absolute atomic E-state index is 14.4. The number of fused-ring (bicyclic) bond motifs is 3. The van der Waals surface area contributed by atoms with Gasteiger partial charge in [-0.1, -0.05) is 24.3 Å². The van der Waals surface area contributed by atoms with E-state index in [2.05, 4.69) is 10.3 Å². The Kier molecular flexibility index (Phi) is 7.53. The van der Waals surface area contributed by atoms with Crippen LogP contribution in [-0.4, -0.2) is 73.6 Å². The molecule has 3 heterocycles. The van der Waals surface area contributed by atoms with Gasteiger partial charge in [-0.15, -0.1) is 0 Å². The molecule has 3 aromatic rings. The van der Waals surface area contributed by atoms with Gasteiger partial charge in [-0.25, -0.2) is 4.90 Å². The number of anilines is 1. The lowest BCUT2D eigenvalue weighted by Gasteiger charge is -2.32. The molecule has 0 bridgehead atoms. The summed E-state index contributed by atoms with van der Waals surface area (Å²) in [6.45, 7) is 0. The smallest absolute Gasteiger partial charge is 0.326 e. The minimum Gasteiger partial charge on any atom is -0.468 e. The number of thioether (sulfide) groups is 1. The summed E-state index contributed by atoms with van der Waals surface area (Å²) in [6.07, 6.45) is 4.07. The number of H-pyrrole nitrogens is 1. The van der Waals surface area contributed by atoms with Gasteiger partial charge < -0.3 is 19.2 Å². The van der Waals surface area contributed by atoms with Crippen LogP contribution in [0.25, 0.3) is 10.9 Å². The number of carbonyl (C=O) groups excluding carboxylic acids is 5. The summed E-state index contributed by atoms with van der Waals surface area (Å²) in [6, 6.07) is 12.0. The molecule has 2 aromatic carbocycles. The summed E-state index contributed by atoms with van der Waals surface area (Å²) in [5, 5.41) is 4.31. The molecule has 2 N–H and O–H groups in total. The molecular formula is C32H33N3O8S. The fourth-order valence-electron chi connectivity index (χ4n) is 7.40. The molecule has 0 radical (unpaired) electrons. The van der Waals surface area contributed by atoms with Crippen LogP contribution >= 0.6 is 11.8 Å². The van der Waals surface area contributed by atoms with Gasteiger partial charge in [0.1, 0.15) is 5.54 Å². The van der Waals surface area contributed by atoms with Gasteiger partial charge in [-0.3, -0.25) is 29.3 Å². The van der Waals surface area contributed by atoms with Crippen LogP contribution in [0.1, 0.15) is 29.2 Å². The largest absolute Gasteiger partial charge is 0.468 e. The zero-order valence-electron chi connectivity index (χ0n) is 24.8. The number of amides is 2. The van der Waals surface area contributed by atoms with Gasteiger partial charge in [-0.05, 0) is 66.2 Å². The molecule has 6 rings (SSSR count). The molecule has 2 fully saturated rings. The first-order chi connectivity index (χ1) is 21.2. The lowest BCUT2D eigenvalue weighted by atomic mass is 9.78. The van der Waals surface area contributed by atoms with E-state index < -0.39 is 58.6 Å². The van der Waals surface area contributed by atoms with Crippen molar-refractivity contribution < 1.29 is 38.2 Å². The fourth-order valence-corrected chi connectivity index (χ4v) is 7.93. The summed E-state index contributed by atoms with van der Waals surface area (Å²) < 4.78 is 15.2. The Balaban J connectivity index is 1.44. The second-order valence-electron chi connectivity index (χ2n) is 11.5. The molecule has 0 unspecified atom stereocenters. The molecule has 2 saturated heterocycles. The van der Waals surface area contributed by atoms with E-state index in [1.54, 1.807) is 18.2 Å². The van der Waals surface area contributed by atoms with Crippen LogP contribution < -0.4 is 10.2 Å². The van der Waals surface area contributed by atoms with Gasteiger partial charge in [0.15, 0.2) is 5.41 Å². The Bertz CT molecular complexity index is 1690. The third-order valence-electron chi connectivity index (χ3n) is 9.45. The van der Waals surface area contributed by atoms with E-state index in [0.29, 0.717) is 22.6 Å². The summed E-state index contributed by atoms with van der Waals surface area (Å²) in [5.41, 5.74) is 0.308. The third-order valence-corrected chi connectivity index (χ3v) is 10.1.